The lowest BCUT2D eigenvalue weighted by Crippen LogP contribution is -2.70. The monoisotopic (exact) mass is 794 g/mol. The van der Waals surface area contributed by atoms with E-state index in [9.17, 15) is 9.00 Å². The fourth-order valence-corrected chi connectivity index (χ4v) is 13.8. The Balaban J connectivity index is 1.36. The number of allylic oxidation sites excluding steroid dienone is 1. The summed E-state index contributed by atoms with van der Waals surface area (Å²) >= 11 is 0. The van der Waals surface area contributed by atoms with Crippen molar-refractivity contribution in [2.75, 3.05) is 20.3 Å². The lowest BCUT2D eigenvalue weighted by Gasteiger charge is -2.71. The van der Waals surface area contributed by atoms with Crippen molar-refractivity contribution in [3.05, 3.63) is 47.5 Å². The van der Waals surface area contributed by atoms with Gasteiger partial charge >= 0.3 is 5.97 Å². The Kier molecular flexibility index (Phi) is 12.2. The van der Waals surface area contributed by atoms with Gasteiger partial charge in [0.15, 0.2) is 0 Å². The Morgan fingerprint density at radius 1 is 0.964 bits per heavy atom. The molecule has 0 aromatic heterocycles. The van der Waals surface area contributed by atoms with Crippen molar-refractivity contribution in [2.24, 2.45) is 67.0 Å². The van der Waals surface area contributed by atoms with Crippen molar-refractivity contribution in [1.29, 1.82) is 0 Å². The van der Waals surface area contributed by atoms with Crippen LogP contribution >= 0.6 is 0 Å². The second kappa shape index (κ2) is 15.6. The average Bonchev–Trinajstić information content (AvgIpc) is 3.13. The van der Waals surface area contributed by atoms with E-state index < -0.39 is 15.7 Å². The zero-order valence-electron chi connectivity index (χ0n) is 37.3. The van der Waals surface area contributed by atoms with Gasteiger partial charge in [-0.3, -0.25) is 4.79 Å². The van der Waals surface area contributed by atoms with Crippen LogP contribution in [0.2, 0.25) is 0 Å². The van der Waals surface area contributed by atoms with Crippen LogP contribution in [0.1, 0.15) is 134 Å². The molecule has 3 saturated carbocycles. The summed E-state index contributed by atoms with van der Waals surface area (Å²) in [7, 11) is 0.464. The Hall–Kier alpha value is -1.87. The number of benzene rings is 1. The molecule has 8 heteroatoms. The van der Waals surface area contributed by atoms with Crippen LogP contribution in [-0.2, 0) is 41.3 Å². The van der Waals surface area contributed by atoms with Gasteiger partial charge in [0.2, 0.25) is 0 Å². The molecule has 0 radical (unpaired) electrons. The first-order valence-electron chi connectivity index (χ1n) is 21.8. The molecule has 1 saturated heterocycles. The van der Waals surface area contributed by atoms with Crippen LogP contribution in [0.4, 0.5) is 0 Å². The zero-order valence-corrected chi connectivity index (χ0v) is 38.1. The second-order valence-electron chi connectivity index (χ2n) is 21.3. The van der Waals surface area contributed by atoms with Crippen molar-refractivity contribution in [3.8, 4) is 0 Å². The summed E-state index contributed by atoms with van der Waals surface area (Å²) in [4.78, 5) is 14.8. The first kappa shape index (κ1) is 43.7. The fourth-order valence-electron chi connectivity index (χ4n) is 13.0. The van der Waals surface area contributed by atoms with E-state index in [-0.39, 0.29) is 63.2 Å². The van der Waals surface area contributed by atoms with Crippen LogP contribution in [0.3, 0.4) is 0 Å². The SMILES string of the molecule is CO[C@@H]1C[C@@]23COC[C@](C)([C@@H]2CC[C@H]2C3=CC[C@@]3(C)[C@H](C(=O)OCc4ccccc4)[C@@](C)([C@H](C)C(C)C)CC[C@]23C)[C@H]1OC(C)/C(=N/S(=O)C(C)(C)C)C(C)C. The molecule has 314 valence electrons. The molecule has 0 N–H and O–H groups in total. The number of carbonyl (C=O) groups excluding carboxylic acids is 1. The number of fused-ring (bicyclic) bond motifs is 3. The molecule has 2 bridgehead atoms. The minimum Gasteiger partial charge on any atom is -0.461 e. The highest BCUT2D eigenvalue weighted by Crippen LogP contribution is 2.75. The van der Waals surface area contributed by atoms with Gasteiger partial charge in [-0.25, -0.2) is 4.21 Å². The summed E-state index contributed by atoms with van der Waals surface area (Å²) in [5, 5.41) is 0. The molecule has 7 nitrogen and oxygen atoms in total. The van der Waals surface area contributed by atoms with E-state index in [2.05, 4.69) is 75.3 Å². The quantitative estimate of drug-likeness (QED) is 0.126. The fraction of sp³-hybridized carbons (Fsp3) is 0.792. The minimum absolute atomic E-state index is 0.0311. The van der Waals surface area contributed by atoms with Gasteiger partial charge in [0.1, 0.15) is 17.6 Å². The van der Waals surface area contributed by atoms with Crippen LogP contribution in [0.25, 0.3) is 0 Å². The molecule has 0 amide bonds. The summed E-state index contributed by atoms with van der Waals surface area (Å²) in [6, 6.07) is 10.1. The van der Waals surface area contributed by atoms with Gasteiger partial charge in [-0.15, -0.1) is 0 Å². The van der Waals surface area contributed by atoms with E-state index >= 15 is 0 Å². The van der Waals surface area contributed by atoms with Crippen LogP contribution in [0.5, 0.6) is 0 Å². The Morgan fingerprint density at radius 3 is 2.25 bits per heavy atom. The number of methoxy groups -OCH3 is 1. The Morgan fingerprint density at radius 2 is 1.64 bits per heavy atom. The largest absolute Gasteiger partial charge is 0.461 e. The average molecular weight is 794 g/mol. The van der Waals surface area contributed by atoms with Crippen molar-refractivity contribution < 1.29 is 28.0 Å². The molecule has 1 heterocycles. The topological polar surface area (TPSA) is 83.4 Å². The van der Waals surface area contributed by atoms with Crippen molar-refractivity contribution in [1.82, 2.24) is 0 Å². The smallest absolute Gasteiger partial charge is 0.310 e. The number of esters is 1. The first-order chi connectivity index (χ1) is 26.1. The second-order valence-corrected chi connectivity index (χ2v) is 23.2. The molecular formula is C48H75NO6S. The number of hydrogen-bond acceptors (Lipinski definition) is 6. The predicted octanol–water partition coefficient (Wildman–Crippen LogP) is 10.6. The lowest BCUT2D eigenvalue weighted by atomic mass is 9.34. The standard InChI is InChI=1S/C48H75NO6S/c1-30(2)32(5)44(10)24-25-46(12)35-20-21-38-45(11)28-53-29-48(38,26-37(52-14)41(45)55-33(6)39(31(3)4)49-56(51)43(7,8)9)36(35)22-23-47(46,13)40(44)42(50)54-27-34-18-16-15-17-19-34/h15-19,22,30-33,35,37-38,40-41H,20-21,23-29H2,1-14H3/b49-39+/t32-,33?,35+,37-,38+,40-,41+,44-,45-,46-,47+,48+,56?/m1/s1. The van der Waals surface area contributed by atoms with Crippen molar-refractivity contribution in [2.45, 2.75) is 158 Å². The van der Waals surface area contributed by atoms with Gasteiger partial charge in [0.25, 0.3) is 0 Å². The molecule has 1 aromatic rings. The molecule has 13 atom stereocenters. The highest BCUT2D eigenvalue weighted by molar-refractivity contribution is 7.85. The van der Waals surface area contributed by atoms with Crippen LogP contribution in [0, 0.1) is 62.6 Å². The number of nitrogens with zero attached hydrogens (tertiary/aromatic N) is 1. The summed E-state index contributed by atoms with van der Waals surface area (Å²) in [5.41, 5.74) is 2.42. The lowest BCUT2D eigenvalue weighted by molar-refractivity contribution is -0.270. The number of rotatable bonds is 11. The predicted molar refractivity (Wildman–Crippen MR) is 227 cm³/mol. The van der Waals surface area contributed by atoms with Crippen LogP contribution in [-0.4, -0.2) is 59.3 Å². The third-order valence-electron chi connectivity index (χ3n) is 16.7. The van der Waals surface area contributed by atoms with Gasteiger partial charge in [0.05, 0.1) is 47.9 Å². The molecule has 1 aromatic carbocycles. The van der Waals surface area contributed by atoms with E-state index in [1.54, 1.807) is 5.57 Å². The molecule has 6 rings (SSSR count). The third-order valence-corrected chi connectivity index (χ3v) is 18.1. The normalized spacial score (nSPS) is 40.2. The van der Waals surface area contributed by atoms with Gasteiger partial charge in [-0.1, -0.05) is 104 Å². The third kappa shape index (κ3) is 7.04. The molecule has 2 unspecified atom stereocenters. The molecule has 4 aliphatic carbocycles. The van der Waals surface area contributed by atoms with E-state index in [1.165, 1.54) is 0 Å². The van der Waals surface area contributed by atoms with Gasteiger partial charge < -0.3 is 18.9 Å². The molecular weight excluding hydrogens is 719 g/mol. The van der Waals surface area contributed by atoms with E-state index in [1.807, 2.05) is 58.2 Å². The van der Waals surface area contributed by atoms with Crippen molar-refractivity contribution >= 4 is 22.7 Å². The number of ether oxygens (including phenoxy) is 4. The van der Waals surface area contributed by atoms with Crippen LogP contribution < -0.4 is 0 Å². The highest BCUT2D eigenvalue weighted by Gasteiger charge is 2.72. The van der Waals surface area contributed by atoms with E-state index in [0.29, 0.717) is 43.5 Å². The van der Waals surface area contributed by atoms with Crippen molar-refractivity contribution in [3.63, 3.8) is 0 Å². The maximum absolute atomic E-state index is 14.8. The Labute approximate surface area is 342 Å². The minimum atomic E-state index is -1.38. The molecule has 0 spiro atoms. The summed E-state index contributed by atoms with van der Waals surface area (Å²) in [5.74, 6) is 1.36. The van der Waals surface area contributed by atoms with Gasteiger partial charge in [-0.05, 0) is 118 Å². The van der Waals surface area contributed by atoms with Gasteiger partial charge in [0, 0.05) is 17.9 Å². The maximum atomic E-state index is 14.8. The first-order valence-corrected chi connectivity index (χ1v) is 22.9. The Bertz CT molecular complexity index is 1680. The zero-order chi connectivity index (χ0) is 41.2. The molecule has 56 heavy (non-hydrogen) atoms. The van der Waals surface area contributed by atoms with Gasteiger partial charge in [-0.2, -0.15) is 4.40 Å². The summed E-state index contributed by atoms with van der Waals surface area (Å²) in [6.07, 6.45) is 7.88. The van der Waals surface area contributed by atoms with E-state index in [4.69, 9.17) is 23.3 Å². The maximum Gasteiger partial charge on any atom is 0.310 e. The molecule has 5 aliphatic rings. The van der Waals surface area contributed by atoms with E-state index in [0.717, 1.165) is 49.8 Å². The summed E-state index contributed by atoms with van der Waals surface area (Å²) in [6.45, 7) is 30.5. The molecule has 1 aliphatic heterocycles. The number of hydrogen-bond donors (Lipinski definition) is 0. The number of carbonyl (C=O) groups is 1. The highest BCUT2D eigenvalue weighted by atomic mass is 32.2. The van der Waals surface area contributed by atoms with Crippen LogP contribution in [0.15, 0.2) is 46.4 Å². The summed E-state index contributed by atoms with van der Waals surface area (Å²) < 4.78 is 44.3. The molecule has 4 fully saturated rings.